The largest absolute Gasteiger partial charge is 0.379 e. The normalized spacial score (nSPS) is 28.5. The van der Waals surface area contributed by atoms with E-state index < -0.39 is 0 Å². The lowest BCUT2D eigenvalue weighted by molar-refractivity contribution is 0.0945. The maximum absolute atomic E-state index is 5.46. The van der Waals surface area contributed by atoms with Gasteiger partial charge in [-0.25, -0.2) is 0 Å². The summed E-state index contributed by atoms with van der Waals surface area (Å²) < 4.78 is 5.46. The molecule has 1 fully saturated rings. The molecule has 2 aliphatic rings. The van der Waals surface area contributed by atoms with Crippen molar-refractivity contribution in [2.45, 2.75) is 45.3 Å². The highest BCUT2D eigenvalue weighted by molar-refractivity contribution is 5.44. The lowest BCUT2D eigenvalue weighted by atomic mass is 9.99. The molecule has 2 rings (SSSR count). The van der Waals surface area contributed by atoms with Gasteiger partial charge in [-0.3, -0.25) is 0 Å². The van der Waals surface area contributed by atoms with E-state index >= 15 is 0 Å². The molecule has 86 valence electrons. The summed E-state index contributed by atoms with van der Waals surface area (Å²) in [4.78, 5) is 0. The molecule has 0 unspecified atom stereocenters. The van der Waals surface area contributed by atoms with Gasteiger partial charge in [0.1, 0.15) is 0 Å². The average Bonchev–Trinajstić information content (AvgIpc) is 2.69. The minimum absolute atomic E-state index is 0.334. The van der Waals surface area contributed by atoms with Gasteiger partial charge in [-0.15, -0.1) is 0 Å². The summed E-state index contributed by atoms with van der Waals surface area (Å²) in [6, 6.07) is 0.413. The van der Waals surface area contributed by atoms with Crippen molar-refractivity contribution < 1.29 is 4.74 Å². The van der Waals surface area contributed by atoms with E-state index in [0.29, 0.717) is 12.1 Å². The Morgan fingerprint density at radius 1 is 1.27 bits per heavy atom. The second-order valence-electron chi connectivity index (χ2n) is 3.71. The number of hydrogen-bond donors (Lipinski definition) is 1. The van der Waals surface area contributed by atoms with E-state index in [1.165, 1.54) is 24.0 Å². The van der Waals surface area contributed by atoms with Crippen LogP contribution in [0.25, 0.3) is 0 Å². The van der Waals surface area contributed by atoms with Gasteiger partial charge in [-0.1, -0.05) is 26.0 Å². The molecule has 0 heterocycles. The third-order valence-corrected chi connectivity index (χ3v) is 3.03. The third kappa shape index (κ3) is 2.50. The smallest absolute Gasteiger partial charge is 0.0806 e. The number of rotatable bonds is 2. The molecular formula is C13H23NO. The van der Waals surface area contributed by atoms with Crippen molar-refractivity contribution in [1.82, 2.24) is 5.32 Å². The summed E-state index contributed by atoms with van der Waals surface area (Å²) in [5, 5.41) is 3.33. The van der Waals surface area contributed by atoms with Gasteiger partial charge in [0.15, 0.2) is 0 Å². The number of ether oxygens (including phenoxy) is 1. The van der Waals surface area contributed by atoms with Crippen molar-refractivity contribution in [3.05, 3.63) is 23.3 Å². The van der Waals surface area contributed by atoms with E-state index in [1.54, 1.807) is 7.11 Å². The molecule has 0 aliphatic heterocycles. The second-order valence-corrected chi connectivity index (χ2v) is 3.71. The van der Waals surface area contributed by atoms with E-state index in [0.717, 1.165) is 6.42 Å². The van der Waals surface area contributed by atoms with Gasteiger partial charge >= 0.3 is 0 Å². The number of nitrogens with one attached hydrogen (secondary N) is 1. The van der Waals surface area contributed by atoms with Crippen LogP contribution < -0.4 is 5.32 Å². The Hall–Kier alpha value is -0.600. The van der Waals surface area contributed by atoms with E-state index in [4.69, 9.17) is 4.74 Å². The highest BCUT2D eigenvalue weighted by atomic mass is 16.5. The fraction of sp³-hybridized carbons (Fsp3) is 0.692. The van der Waals surface area contributed by atoms with Crippen LogP contribution in [0.3, 0.4) is 0 Å². The van der Waals surface area contributed by atoms with Gasteiger partial charge in [-0.2, -0.15) is 0 Å². The van der Waals surface area contributed by atoms with Crippen molar-refractivity contribution in [3.63, 3.8) is 0 Å². The van der Waals surface area contributed by atoms with Gasteiger partial charge in [0.05, 0.1) is 12.1 Å². The molecule has 1 N–H and O–H groups in total. The number of fused-ring (bicyclic) bond motifs is 1. The standard InChI is InChI=1S/C11H17NO.C2H6/c1-12-11-9-6-4-3-5-8(9)7-10(11)13-2;1-2/h5-6,10-12H,3-4,7H2,1-2H3;1-2H3/t10-,11+;/m0./s1. The first-order valence-electron chi connectivity index (χ1n) is 5.96. The Labute approximate surface area is 93.4 Å². The molecule has 0 bridgehead atoms. The van der Waals surface area contributed by atoms with Crippen LogP contribution in [0.4, 0.5) is 0 Å². The predicted molar refractivity (Wildman–Crippen MR) is 65.0 cm³/mol. The Bertz CT molecular complexity index is 255. The monoisotopic (exact) mass is 209 g/mol. The SMILES string of the molecule is CC.CN[C@@H]1C2=CCCC=C2C[C@@H]1OC. The number of hydrogen-bond acceptors (Lipinski definition) is 2. The summed E-state index contributed by atoms with van der Waals surface area (Å²) in [7, 11) is 3.81. The van der Waals surface area contributed by atoms with Crippen LogP contribution in [0, 0.1) is 0 Å². The van der Waals surface area contributed by atoms with Crippen LogP contribution in [-0.2, 0) is 4.74 Å². The summed E-state index contributed by atoms with van der Waals surface area (Å²) in [6.07, 6.45) is 8.52. The second kappa shape index (κ2) is 6.09. The van der Waals surface area contributed by atoms with Gasteiger partial charge in [-0.05, 0) is 31.0 Å². The predicted octanol–water partition coefficient (Wildman–Crippen LogP) is 2.67. The van der Waals surface area contributed by atoms with Crippen LogP contribution in [-0.4, -0.2) is 26.3 Å². The maximum atomic E-state index is 5.46. The van der Waals surface area contributed by atoms with Crippen LogP contribution in [0.15, 0.2) is 23.3 Å². The summed E-state index contributed by atoms with van der Waals surface area (Å²) >= 11 is 0. The van der Waals surface area contributed by atoms with Crippen LogP contribution in [0.2, 0.25) is 0 Å². The molecule has 0 aromatic carbocycles. The highest BCUT2D eigenvalue weighted by Gasteiger charge is 2.34. The lowest BCUT2D eigenvalue weighted by Gasteiger charge is -2.18. The first-order chi connectivity index (χ1) is 7.36. The summed E-state index contributed by atoms with van der Waals surface area (Å²) in [6.45, 7) is 4.00. The van der Waals surface area contributed by atoms with Gasteiger partial charge < -0.3 is 10.1 Å². The van der Waals surface area contributed by atoms with E-state index in [-0.39, 0.29) is 0 Å². The molecule has 0 radical (unpaired) electrons. The molecule has 2 heteroatoms. The first kappa shape index (κ1) is 12.5. The molecule has 2 aliphatic carbocycles. The van der Waals surface area contributed by atoms with Gasteiger partial charge in [0, 0.05) is 13.5 Å². The Kier molecular flexibility index (Phi) is 5.06. The minimum Gasteiger partial charge on any atom is -0.379 e. The molecule has 15 heavy (non-hydrogen) atoms. The van der Waals surface area contributed by atoms with Crippen LogP contribution >= 0.6 is 0 Å². The van der Waals surface area contributed by atoms with Gasteiger partial charge in [0.2, 0.25) is 0 Å². The zero-order chi connectivity index (χ0) is 11.3. The molecular weight excluding hydrogens is 186 g/mol. The molecule has 2 atom stereocenters. The Morgan fingerprint density at radius 3 is 2.53 bits per heavy atom. The quantitative estimate of drug-likeness (QED) is 0.755. The lowest BCUT2D eigenvalue weighted by Crippen LogP contribution is -2.35. The number of likely N-dealkylation sites (N-methyl/N-ethyl adjacent to an activating group) is 1. The fourth-order valence-electron chi connectivity index (χ4n) is 2.37. The number of methoxy groups -OCH3 is 1. The number of allylic oxidation sites excluding steroid dienone is 2. The van der Waals surface area contributed by atoms with Crippen molar-refractivity contribution >= 4 is 0 Å². The fourth-order valence-corrected chi connectivity index (χ4v) is 2.37. The van der Waals surface area contributed by atoms with E-state index in [1.807, 2.05) is 20.9 Å². The highest BCUT2D eigenvalue weighted by Crippen LogP contribution is 2.35. The van der Waals surface area contributed by atoms with Gasteiger partial charge in [0.25, 0.3) is 0 Å². The van der Waals surface area contributed by atoms with Crippen molar-refractivity contribution in [1.29, 1.82) is 0 Å². The minimum atomic E-state index is 0.334. The van der Waals surface area contributed by atoms with Crippen LogP contribution in [0.5, 0.6) is 0 Å². The summed E-state index contributed by atoms with van der Waals surface area (Å²) in [5.41, 5.74) is 2.97. The Morgan fingerprint density at radius 2 is 1.93 bits per heavy atom. The first-order valence-corrected chi connectivity index (χ1v) is 5.96. The van der Waals surface area contributed by atoms with E-state index in [9.17, 15) is 0 Å². The molecule has 0 aromatic heterocycles. The molecule has 2 nitrogen and oxygen atoms in total. The molecule has 0 aromatic rings. The third-order valence-electron chi connectivity index (χ3n) is 3.03. The molecule has 0 saturated heterocycles. The van der Waals surface area contributed by atoms with Crippen LogP contribution in [0.1, 0.15) is 33.1 Å². The summed E-state index contributed by atoms with van der Waals surface area (Å²) in [5.74, 6) is 0. The van der Waals surface area contributed by atoms with Crippen molar-refractivity contribution in [2.75, 3.05) is 14.2 Å². The molecule has 0 amide bonds. The zero-order valence-electron chi connectivity index (χ0n) is 10.3. The van der Waals surface area contributed by atoms with Crippen molar-refractivity contribution in [2.24, 2.45) is 0 Å². The maximum Gasteiger partial charge on any atom is 0.0806 e. The topological polar surface area (TPSA) is 21.3 Å². The Balaban J connectivity index is 0.000000531. The average molecular weight is 209 g/mol. The van der Waals surface area contributed by atoms with Crippen molar-refractivity contribution in [3.8, 4) is 0 Å². The molecule has 0 spiro atoms. The van der Waals surface area contributed by atoms with E-state index in [2.05, 4.69) is 17.5 Å². The molecule has 1 saturated carbocycles. The zero-order valence-corrected chi connectivity index (χ0v) is 10.3.